The molecule has 4 rings (SSSR count). The van der Waals surface area contributed by atoms with E-state index in [1.54, 1.807) is 22.1 Å². The zero-order valence-corrected chi connectivity index (χ0v) is 16.1. The standard InChI is InChI=1S/C21H23N3O4/c1-15-10-17(18(27-2)12-22-15)19(25)23-8-9-24-20(26)28-14-21(24,13-23)11-16-6-4-3-5-7-16/h3-7,10,12H,8-9,11,13-14H2,1-2H3. The van der Waals surface area contributed by atoms with Crippen molar-refractivity contribution in [3.63, 3.8) is 0 Å². The van der Waals surface area contributed by atoms with Gasteiger partial charge in [0.15, 0.2) is 0 Å². The number of carbonyl (C=O) groups excluding carboxylic acids is 2. The lowest BCUT2D eigenvalue weighted by molar-refractivity contribution is 0.0373. The molecule has 7 nitrogen and oxygen atoms in total. The third-order valence-corrected chi connectivity index (χ3v) is 5.45. The zero-order chi connectivity index (χ0) is 19.7. The average molecular weight is 381 g/mol. The summed E-state index contributed by atoms with van der Waals surface area (Å²) in [6.45, 7) is 3.43. The predicted molar refractivity (Wildman–Crippen MR) is 102 cm³/mol. The topological polar surface area (TPSA) is 72.0 Å². The van der Waals surface area contributed by atoms with Crippen LogP contribution in [0.4, 0.5) is 4.79 Å². The lowest BCUT2D eigenvalue weighted by Crippen LogP contribution is -2.63. The molecule has 3 heterocycles. The number of piperazine rings is 1. The van der Waals surface area contributed by atoms with E-state index >= 15 is 0 Å². The highest BCUT2D eigenvalue weighted by Gasteiger charge is 2.51. The van der Waals surface area contributed by atoms with Gasteiger partial charge < -0.3 is 14.4 Å². The maximum atomic E-state index is 13.3. The first-order chi connectivity index (χ1) is 13.5. The number of carbonyl (C=O) groups is 2. The fraction of sp³-hybridized carbons (Fsp3) is 0.381. The van der Waals surface area contributed by atoms with E-state index in [0.29, 0.717) is 37.4 Å². The van der Waals surface area contributed by atoms with Crippen molar-refractivity contribution < 1.29 is 19.1 Å². The van der Waals surface area contributed by atoms with Gasteiger partial charge >= 0.3 is 6.09 Å². The number of benzene rings is 1. The first-order valence-electron chi connectivity index (χ1n) is 9.31. The molecule has 1 aromatic carbocycles. The molecule has 2 saturated heterocycles. The number of methoxy groups -OCH3 is 1. The van der Waals surface area contributed by atoms with Gasteiger partial charge in [-0.15, -0.1) is 0 Å². The summed E-state index contributed by atoms with van der Waals surface area (Å²) in [6, 6.07) is 11.7. The molecule has 0 aliphatic carbocycles. The Morgan fingerprint density at radius 1 is 1.29 bits per heavy atom. The fourth-order valence-corrected chi connectivity index (χ4v) is 4.06. The summed E-state index contributed by atoms with van der Waals surface area (Å²) in [5, 5.41) is 0. The third kappa shape index (κ3) is 3.17. The Bertz CT molecular complexity index is 902. The van der Waals surface area contributed by atoms with Crippen LogP contribution in [0.3, 0.4) is 0 Å². The van der Waals surface area contributed by atoms with Crippen LogP contribution >= 0.6 is 0 Å². The highest BCUT2D eigenvalue weighted by Crippen LogP contribution is 2.33. The number of aromatic nitrogens is 1. The molecule has 0 radical (unpaired) electrons. The second-order valence-electron chi connectivity index (χ2n) is 7.35. The van der Waals surface area contributed by atoms with Gasteiger partial charge in [0, 0.05) is 31.7 Å². The molecule has 2 amide bonds. The Morgan fingerprint density at radius 2 is 2.07 bits per heavy atom. The van der Waals surface area contributed by atoms with Gasteiger partial charge in [0.25, 0.3) is 5.91 Å². The van der Waals surface area contributed by atoms with Gasteiger partial charge in [0.1, 0.15) is 17.9 Å². The molecule has 2 aliphatic heterocycles. The molecule has 0 saturated carbocycles. The van der Waals surface area contributed by atoms with Crippen molar-refractivity contribution in [3.05, 3.63) is 59.4 Å². The third-order valence-electron chi connectivity index (χ3n) is 5.45. The first-order valence-corrected chi connectivity index (χ1v) is 9.31. The van der Waals surface area contributed by atoms with Gasteiger partial charge in [-0.2, -0.15) is 0 Å². The number of rotatable bonds is 4. The largest absolute Gasteiger partial charge is 0.494 e. The Kier molecular flexibility index (Phi) is 4.66. The highest BCUT2D eigenvalue weighted by molar-refractivity contribution is 5.97. The maximum absolute atomic E-state index is 13.3. The summed E-state index contributed by atoms with van der Waals surface area (Å²) in [7, 11) is 1.53. The Hall–Kier alpha value is -3.09. The molecule has 146 valence electrons. The molecular weight excluding hydrogens is 358 g/mol. The molecule has 28 heavy (non-hydrogen) atoms. The van der Waals surface area contributed by atoms with E-state index < -0.39 is 5.54 Å². The van der Waals surface area contributed by atoms with Crippen LogP contribution in [0.2, 0.25) is 0 Å². The summed E-state index contributed by atoms with van der Waals surface area (Å²) >= 11 is 0. The van der Waals surface area contributed by atoms with Crippen molar-refractivity contribution >= 4 is 12.0 Å². The first kappa shape index (κ1) is 18.3. The van der Waals surface area contributed by atoms with Crippen LogP contribution in [-0.4, -0.2) is 65.7 Å². The van der Waals surface area contributed by atoms with Crippen molar-refractivity contribution in [1.29, 1.82) is 0 Å². The number of hydrogen-bond acceptors (Lipinski definition) is 5. The molecule has 0 bridgehead atoms. The number of pyridine rings is 1. The SMILES string of the molecule is COc1cnc(C)cc1C(=O)N1CCN2C(=O)OCC2(Cc2ccccc2)C1. The normalized spacial score (nSPS) is 21.3. The fourth-order valence-electron chi connectivity index (χ4n) is 4.06. The second kappa shape index (κ2) is 7.14. The van der Waals surface area contributed by atoms with Crippen LogP contribution in [0, 0.1) is 6.92 Å². The number of ether oxygens (including phenoxy) is 2. The Morgan fingerprint density at radius 3 is 2.82 bits per heavy atom. The van der Waals surface area contributed by atoms with E-state index in [2.05, 4.69) is 4.98 Å². The van der Waals surface area contributed by atoms with Crippen LogP contribution in [0.15, 0.2) is 42.6 Å². The van der Waals surface area contributed by atoms with Gasteiger partial charge in [0.2, 0.25) is 0 Å². The Balaban J connectivity index is 1.63. The number of nitrogens with zero attached hydrogens (tertiary/aromatic N) is 3. The minimum atomic E-state index is -0.554. The summed E-state index contributed by atoms with van der Waals surface area (Å²) in [5.74, 6) is 0.336. The van der Waals surface area contributed by atoms with E-state index in [9.17, 15) is 9.59 Å². The molecule has 1 atom stereocenters. The quantitative estimate of drug-likeness (QED) is 0.813. The molecule has 0 N–H and O–H groups in total. The van der Waals surface area contributed by atoms with Crippen molar-refractivity contribution in [2.24, 2.45) is 0 Å². The smallest absolute Gasteiger partial charge is 0.410 e. The van der Waals surface area contributed by atoms with Gasteiger partial charge in [-0.1, -0.05) is 30.3 Å². The monoisotopic (exact) mass is 381 g/mol. The number of fused-ring (bicyclic) bond motifs is 1. The van der Waals surface area contributed by atoms with Crippen molar-refractivity contribution in [3.8, 4) is 5.75 Å². The van der Waals surface area contributed by atoms with Crippen LogP contribution in [0.25, 0.3) is 0 Å². The van der Waals surface area contributed by atoms with Crippen LogP contribution in [0.5, 0.6) is 5.75 Å². The highest BCUT2D eigenvalue weighted by atomic mass is 16.6. The van der Waals surface area contributed by atoms with E-state index in [1.807, 2.05) is 37.3 Å². The molecule has 1 aromatic heterocycles. The number of hydrogen-bond donors (Lipinski definition) is 0. The van der Waals surface area contributed by atoms with E-state index in [-0.39, 0.29) is 18.6 Å². The van der Waals surface area contributed by atoms with Gasteiger partial charge in [-0.05, 0) is 18.6 Å². The predicted octanol–water partition coefficient (Wildman–Crippen LogP) is 2.29. The summed E-state index contributed by atoms with van der Waals surface area (Å²) in [5.41, 5.74) is 1.80. The van der Waals surface area contributed by atoms with E-state index in [1.165, 1.54) is 7.11 Å². The minimum absolute atomic E-state index is 0.117. The van der Waals surface area contributed by atoms with Crippen molar-refractivity contribution in [2.75, 3.05) is 33.4 Å². The van der Waals surface area contributed by atoms with E-state index in [0.717, 1.165) is 11.3 Å². The lowest BCUT2D eigenvalue weighted by atomic mass is 9.88. The maximum Gasteiger partial charge on any atom is 0.410 e. The molecule has 1 unspecified atom stereocenters. The van der Waals surface area contributed by atoms with Gasteiger partial charge in [-0.25, -0.2) is 4.79 Å². The van der Waals surface area contributed by atoms with Crippen molar-refractivity contribution in [2.45, 2.75) is 18.9 Å². The minimum Gasteiger partial charge on any atom is -0.494 e. The average Bonchev–Trinajstić information content (AvgIpc) is 3.03. The molecular formula is C21H23N3O4. The molecule has 0 spiro atoms. The zero-order valence-electron chi connectivity index (χ0n) is 16.1. The summed E-state index contributed by atoms with van der Waals surface area (Å²) < 4.78 is 10.7. The second-order valence-corrected chi connectivity index (χ2v) is 7.35. The molecule has 7 heteroatoms. The van der Waals surface area contributed by atoms with Crippen LogP contribution in [-0.2, 0) is 11.2 Å². The number of cyclic esters (lactones) is 1. The molecule has 2 fully saturated rings. The van der Waals surface area contributed by atoms with Gasteiger partial charge in [0.05, 0.1) is 18.9 Å². The van der Waals surface area contributed by atoms with Crippen LogP contribution in [0.1, 0.15) is 21.6 Å². The Labute approximate surface area is 163 Å². The van der Waals surface area contributed by atoms with E-state index in [4.69, 9.17) is 9.47 Å². The lowest BCUT2D eigenvalue weighted by Gasteiger charge is -2.44. The van der Waals surface area contributed by atoms with Crippen LogP contribution < -0.4 is 4.74 Å². The van der Waals surface area contributed by atoms with Gasteiger partial charge in [-0.3, -0.25) is 14.7 Å². The molecule has 2 aliphatic rings. The summed E-state index contributed by atoms with van der Waals surface area (Å²) in [4.78, 5) is 33.3. The number of aryl methyl sites for hydroxylation is 1. The summed E-state index contributed by atoms with van der Waals surface area (Å²) in [6.07, 6.45) is 1.90. The molecule has 2 aromatic rings. The van der Waals surface area contributed by atoms with Crippen molar-refractivity contribution in [1.82, 2.24) is 14.8 Å². The number of amides is 2.